The number of hydrogen-bond donors (Lipinski definition) is 2. The van der Waals surface area contributed by atoms with E-state index >= 15 is 0 Å². The minimum atomic E-state index is 0. The first kappa shape index (κ1) is 20.4. The smallest absolute Gasteiger partial charge is 0.223 e. The van der Waals surface area contributed by atoms with E-state index in [1.165, 1.54) is 6.33 Å². The molecule has 1 saturated heterocycles. The fourth-order valence-electron chi connectivity index (χ4n) is 2.49. The van der Waals surface area contributed by atoms with Gasteiger partial charge in [-0.15, -0.1) is 24.8 Å². The lowest BCUT2D eigenvalue weighted by Gasteiger charge is -2.31. The zero-order valence-corrected chi connectivity index (χ0v) is 15.1. The maximum atomic E-state index is 12.1. The highest BCUT2D eigenvalue weighted by atomic mass is 35.5. The molecule has 1 aromatic carbocycles. The lowest BCUT2D eigenvalue weighted by molar-refractivity contribution is -0.126. The average Bonchev–Trinajstić information content (AvgIpc) is 2.97. The molecule has 1 atom stereocenters. The van der Waals surface area contributed by atoms with Gasteiger partial charge < -0.3 is 10.6 Å². The first-order valence-corrected chi connectivity index (χ1v) is 7.61. The highest BCUT2D eigenvalue weighted by Gasteiger charge is 2.28. The molecule has 1 aliphatic heterocycles. The van der Waals surface area contributed by atoms with Crippen molar-refractivity contribution in [2.24, 2.45) is 11.8 Å². The third kappa shape index (κ3) is 5.19. The number of rotatable bonds is 6. The molecule has 1 amide bonds. The van der Waals surface area contributed by atoms with Gasteiger partial charge in [-0.1, -0.05) is 31.2 Å². The molecule has 0 spiro atoms. The van der Waals surface area contributed by atoms with Crippen LogP contribution in [-0.2, 0) is 17.9 Å². The van der Waals surface area contributed by atoms with Crippen LogP contribution in [0.1, 0.15) is 18.1 Å². The van der Waals surface area contributed by atoms with Crippen molar-refractivity contribution in [1.29, 1.82) is 0 Å². The van der Waals surface area contributed by atoms with Crippen LogP contribution in [0.3, 0.4) is 0 Å². The van der Waals surface area contributed by atoms with Crippen molar-refractivity contribution in [2.75, 3.05) is 13.1 Å². The van der Waals surface area contributed by atoms with Crippen LogP contribution in [0.15, 0.2) is 36.9 Å². The van der Waals surface area contributed by atoms with Gasteiger partial charge in [-0.05, 0) is 30.1 Å². The summed E-state index contributed by atoms with van der Waals surface area (Å²) in [7, 11) is 0. The third-order valence-corrected chi connectivity index (χ3v) is 4.23. The molecule has 0 aliphatic carbocycles. The van der Waals surface area contributed by atoms with Crippen molar-refractivity contribution in [3.63, 3.8) is 0 Å². The van der Waals surface area contributed by atoms with Gasteiger partial charge in [-0.2, -0.15) is 5.10 Å². The summed E-state index contributed by atoms with van der Waals surface area (Å²) in [5, 5.41) is 10.3. The van der Waals surface area contributed by atoms with Gasteiger partial charge in [-0.3, -0.25) is 4.79 Å². The molecule has 132 valence electrons. The van der Waals surface area contributed by atoms with Crippen LogP contribution < -0.4 is 10.6 Å². The molecule has 1 fully saturated rings. The van der Waals surface area contributed by atoms with Gasteiger partial charge in [0, 0.05) is 12.5 Å². The molecule has 3 rings (SSSR count). The number of hydrogen-bond acceptors (Lipinski definition) is 4. The number of amides is 1. The van der Waals surface area contributed by atoms with E-state index in [2.05, 4.69) is 32.8 Å². The van der Waals surface area contributed by atoms with Crippen LogP contribution in [0.25, 0.3) is 0 Å². The standard InChI is InChI=1S/C16H21N5O.2ClH/c1-12(15-7-17-8-15)16(22)19-6-13-2-4-14(5-3-13)9-21-11-18-10-20-21;;/h2-5,10-12,15,17H,6-9H2,1H3,(H,19,22);2*1H. The Morgan fingerprint density at radius 3 is 2.50 bits per heavy atom. The molecule has 8 heteroatoms. The summed E-state index contributed by atoms with van der Waals surface area (Å²) in [6, 6.07) is 8.20. The van der Waals surface area contributed by atoms with Crippen molar-refractivity contribution in [1.82, 2.24) is 25.4 Å². The molecule has 0 bridgehead atoms. The van der Waals surface area contributed by atoms with Gasteiger partial charge in [0.2, 0.25) is 5.91 Å². The summed E-state index contributed by atoms with van der Waals surface area (Å²) in [4.78, 5) is 16.0. The van der Waals surface area contributed by atoms with Crippen LogP contribution >= 0.6 is 24.8 Å². The summed E-state index contributed by atoms with van der Waals surface area (Å²) in [6.45, 7) is 5.18. The van der Waals surface area contributed by atoms with E-state index in [1.807, 2.05) is 19.1 Å². The largest absolute Gasteiger partial charge is 0.352 e. The Labute approximate surface area is 154 Å². The molecule has 1 aliphatic rings. The Balaban J connectivity index is 0.00000144. The zero-order chi connectivity index (χ0) is 15.4. The van der Waals surface area contributed by atoms with E-state index in [9.17, 15) is 4.79 Å². The van der Waals surface area contributed by atoms with E-state index < -0.39 is 0 Å². The van der Waals surface area contributed by atoms with Crippen LogP contribution in [0.4, 0.5) is 0 Å². The van der Waals surface area contributed by atoms with E-state index in [4.69, 9.17) is 0 Å². The predicted molar refractivity (Wildman–Crippen MR) is 97.4 cm³/mol. The molecule has 0 radical (unpaired) electrons. The van der Waals surface area contributed by atoms with Gasteiger partial charge in [0.1, 0.15) is 12.7 Å². The second-order valence-corrected chi connectivity index (χ2v) is 5.83. The Kier molecular flexibility index (Phi) is 8.18. The Morgan fingerprint density at radius 2 is 1.96 bits per heavy atom. The molecule has 24 heavy (non-hydrogen) atoms. The van der Waals surface area contributed by atoms with Gasteiger partial charge >= 0.3 is 0 Å². The third-order valence-electron chi connectivity index (χ3n) is 4.23. The van der Waals surface area contributed by atoms with Crippen molar-refractivity contribution >= 4 is 30.7 Å². The molecule has 6 nitrogen and oxygen atoms in total. The number of carbonyl (C=O) groups is 1. The first-order chi connectivity index (χ1) is 10.7. The molecular weight excluding hydrogens is 349 g/mol. The Morgan fingerprint density at radius 1 is 1.29 bits per heavy atom. The van der Waals surface area contributed by atoms with Crippen molar-refractivity contribution in [2.45, 2.75) is 20.0 Å². The summed E-state index contributed by atoms with van der Waals surface area (Å²) >= 11 is 0. The van der Waals surface area contributed by atoms with Crippen molar-refractivity contribution < 1.29 is 4.79 Å². The Hall–Kier alpha value is -1.63. The lowest BCUT2D eigenvalue weighted by Crippen LogP contribution is -2.49. The average molecular weight is 372 g/mol. The topological polar surface area (TPSA) is 71.8 Å². The number of nitrogens with one attached hydrogen (secondary N) is 2. The number of benzene rings is 1. The van der Waals surface area contributed by atoms with E-state index in [1.54, 1.807) is 11.0 Å². The first-order valence-electron chi connectivity index (χ1n) is 7.61. The summed E-state index contributed by atoms with van der Waals surface area (Å²) in [6.07, 6.45) is 3.23. The molecule has 1 aromatic heterocycles. The quantitative estimate of drug-likeness (QED) is 0.809. The summed E-state index contributed by atoms with van der Waals surface area (Å²) in [5.74, 6) is 0.691. The monoisotopic (exact) mass is 371 g/mol. The highest BCUT2D eigenvalue weighted by molar-refractivity contribution is 5.85. The van der Waals surface area contributed by atoms with E-state index in [0.29, 0.717) is 19.0 Å². The molecule has 2 N–H and O–H groups in total. The normalized spacial score (nSPS) is 14.7. The van der Waals surface area contributed by atoms with E-state index in [-0.39, 0.29) is 36.6 Å². The molecular formula is C16H23Cl2N5O. The summed E-state index contributed by atoms with van der Waals surface area (Å²) in [5.41, 5.74) is 2.27. The maximum Gasteiger partial charge on any atom is 0.223 e. The van der Waals surface area contributed by atoms with Gasteiger partial charge in [0.05, 0.1) is 6.54 Å². The molecule has 1 unspecified atom stereocenters. The van der Waals surface area contributed by atoms with E-state index in [0.717, 1.165) is 24.2 Å². The van der Waals surface area contributed by atoms with Gasteiger partial charge in [-0.25, -0.2) is 9.67 Å². The predicted octanol–water partition coefficient (Wildman–Crippen LogP) is 1.64. The van der Waals surface area contributed by atoms with Crippen LogP contribution in [0, 0.1) is 11.8 Å². The molecule has 0 saturated carbocycles. The van der Waals surface area contributed by atoms with Crippen LogP contribution in [0.2, 0.25) is 0 Å². The maximum absolute atomic E-state index is 12.1. The van der Waals surface area contributed by atoms with Crippen LogP contribution in [0.5, 0.6) is 0 Å². The second kappa shape index (κ2) is 9.61. The van der Waals surface area contributed by atoms with Crippen molar-refractivity contribution in [3.05, 3.63) is 48.0 Å². The van der Waals surface area contributed by atoms with Gasteiger partial charge in [0.15, 0.2) is 0 Å². The number of nitrogens with zero attached hydrogens (tertiary/aromatic N) is 3. The minimum absolute atomic E-state index is 0. The Bertz CT molecular complexity index is 614. The molecule has 2 aromatic rings. The molecule has 2 heterocycles. The highest BCUT2D eigenvalue weighted by Crippen LogP contribution is 2.16. The SMILES string of the molecule is CC(C(=O)NCc1ccc(Cn2cncn2)cc1)C1CNC1.Cl.Cl. The van der Waals surface area contributed by atoms with Crippen LogP contribution in [-0.4, -0.2) is 33.8 Å². The minimum Gasteiger partial charge on any atom is -0.352 e. The summed E-state index contributed by atoms with van der Waals surface area (Å²) < 4.78 is 1.78. The number of aromatic nitrogens is 3. The van der Waals surface area contributed by atoms with Gasteiger partial charge in [0.25, 0.3) is 0 Å². The fraction of sp³-hybridized carbons (Fsp3) is 0.438. The lowest BCUT2D eigenvalue weighted by atomic mass is 9.88. The fourth-order valence-corrected chi connectivity index (χ4v) is 2.49. The zero-order valence-electron chi connectivity index (χ0n) is 13.5. The van der Waals surface area contributed by atoms with Crippen molar-refractivity contribution in [3.8, 4) is 0 Å². The number of carbonyl (C=O) groups excluding carboxylic acids is 1. The second-order valence-electron chi connectivity index (χ2n) is 5.83. The number of halogens is 2.